The van der Waals surface area contributed by atoms with Gasteiger partial charge in [0, 0.05) is 5.92 Å². The van der Waals surface area contributed by atoms with Crippen LogP contribution in [0.1, 0.15) is 23.5 Å². The third kappa shape index (κ3) is 2.03. The van der Waals surface area contributed by atoms with Gasteiger partial charge in [-0.05, 0) is 30.0 Å². The lowest BCUT2D eigenvalue weighted by Crippen LogP contribution is -2.13. The van der Waals surface area contributed by atoms with Crippen molar-refractivity contribution in [1.29, 1.82) is 0 Å². The number of rotatable bonds is 2. The van der Waals surface area contributed by atoms with Gasteiger partial charge in [0.2, 0.25) is 5.91 Å². The second-order valence-corrected chi connectivity index (χ2v) is 3.97. The van der Waals surface area contributed by atoms with Crippen LogP contribution in [0.2, 0.25) is 0 Å². The van der Waals surface area contributed by atoms with E-state index in [-0.39, 0.29) is 17.7 Å². The van der Waals surface area contributed by atoms with E-state index in [1.165, 1.54) is 12.1 Å². The van der Waals surface area contributed by atoms with Crippen molar-refractivity contribution in [1.82, 2.24) is 0 Å². The van der Waals surface area contributed by atoms with Crippen LogP contribution in [-0.4, -0.2) is 5.91 Å². The lowest BCUT2D eigenvalue weighted by atomic mass is 10.1. The molecule has 0 radical (unpaired) electrons. The summed E-state index contributed by atoms with van der Waals surface area (Å²) < 4.78 is 36.8. The number of carbonyl (C=O) groups excluding carboxylic acids is 1. The first-order valence-electron chi connectivity index (χ1n) is 4.86. The molecule has 1 amide bonds. The Balaban J connectivity index is 2.13. The molecule has 2 nitrogen and oxygen atoms in total. The van der Waals surface area contributed by atoms with E-state index in [4.69, 9.17) is 5.73 Å². The zero-order valence-electron chi connectivity index (χ0n) is 8.29. The molecule has 2 rings (SSSR count). The molecule has 2 atom stereocenters. The zero-order chi connectivity index (χ0) is 11.9. The number of hydrogen-bond acceptors (Lipinski definition) is 1. The molecule has 2 N–H and O–H groups in total. The third-order valence-corrected chi connectivity index (χ3v) is 2.82. The molecule has 5 heteroatoms. The summed E-state index contributed by atoms with van der Waals surface area (Å²) in [5.74, 6) is -0.596. The van der Waals surface area contributed by atoms with E-state index in [9.17, 15) is 18.0 Å². The molecule has 0 heterocycles. The van der Waals surface area contributed by atoms with E-state index in [2.05, 4.69) is 0 Å². The van der Waals surface area contributed by atoms with E-state index in [0.717, 1.165) is 17.7 Å². The fourth-order valence-electron chi connectivity index (χ4n) is 1.80. The Labute approximate surface area is 90.2 Å². The lowest BCUT2D eigenvalue weighted by molar-refractivity contribution is -0.137. The number of halogens is 3. The van der Waals surface area contributed by atoms with Crippen LogP contribution in [0.4, 0.5) is 13.2 Å². The van der Waals surface area contributed by atoms with Crippen LogP contribution in [0, 0.1) is 5.92 Å². The van der Waals surface area contributed by atoms with Gasteiger partial charge in [0.1, 0.15) is 0 Å². The molecule has 1 aliphatic rings. The summed E-state index contributed by atoms with van der Waals surface area (Å²) in [5, 5.41) is 0. The molecule has 0 aliphatic heterocycles. The molecular weight excluding hydrogens is 219 g/mol. The number of nitrogens with two attached hydrogens (primary N) is 1. The van der Waals surface area contributed by atoms with Gasteiger partial charge in [-0.15, -0.1) is 0 Å². The van der Waals surface area contributed by atoms with Crippen molar-refractivity contribution < 1.29 is 18.0 Å². The fourth-order valence-corrected chi connectivity index (χ4v) is 1.80. The molecular formula is C11H10F3NO. The largest absolute Gasteiger partial charge is 0.416 e. The lowest BCUT2D eigenvalue weighted by Gasteiger charge is -2.07. The Kier molecular flexibility index (Phi) is 2.40. The molecule has 1 aromatic carbocycles. The summed E-state index contributed by atoms with van der Waals surface area (Å²) in [7, 11) is 0. The standard InChI is InChI=1S/C11H10F3NO/c12-11(13,14)7-3-1-6(2-4-7)8-5-9(8)10(15)16/h1-4,8-9H,5H2,(H2,15,16)/t8-,9-/m0/s1. The van der Waals surface area contributed by atoms with Crippen LogP contribution in [0.15, 0.2) is 24.3 Å². The second kappa shape index (κ2) is 3.50. The highest BCUT2D eigenvalue weighted by molar-refractivity contribution is 5.81. The molecule has 1 saturated carbocycles. The normalized spacial score (nSPS) is 24.2. The minimum absolute atomic E-state index is 0.000200. The smallest absolute Gasteiger partial charge is 0.369 e. The van der Waals surface area contributed by atoms with Crippen LogP contribution >= 0.6 is 0 Å². The minimum Gasteiger partial charge on any atom is -0.369 e. The topological polar surface area (TPSA) is 43.1 Å². The van der Waals surface area contributed by atoms with Crippen molar-refractivity contribution >= 4 is 5.91 Å². The predicted octanol–water partition coefficient (Wildman–Crippen LogP) is 2.29. The number of primary amides is 1. The summed E-state index contributed by atoms with van der Waals surface area (Å²) >= 11 is 0. The quantitative estimate of drug-likeness (QED) is 0.830. The van der Waals surface area contributed by atoms with Gasteiger partial charge in [0.05, 0.1) is 5.56 Å². The Hall–Kier alpha value is -1.52. The minimum atomic E-state index is -4.31. The first kappa shape index (κ1) is 11.0. The second-order valence-electron chi connectivity index (χ2n) is 3.97. The Morgan fingerprint density at radius 1 is 1.25 bits per heavy atom. The van der Waals surface area contributed by atoms with Gasteiger partial charge < -0.3 is 5.73 Å². The van der Waals surface area contributed by atoms with Gasteiger partial charge in [0.15, 0.2) is 0 Å². The zero-order valence-corrected chi connectivity index (χ0v) is 8.29. The van der Waals surface area contributed by atoms with Crippen LogP contribution < -0.4 is 5.73 Å². The highest BCUT2D eigenvalue weighted by atomic mass is 19.4. The van der Waals surface area contributed by atoms with E-state index < -0.39 is 11.7 Å². The molecule has 1 aliphatic carbocycles. The van der Waals surface area contributed by atoms with Gasteiger partial charge in [0.25, 0.3) is 0 Å². The molecule has 0 spiro atoms. The molecule has 86 valence electrons. The van der Waals surface area contributed by atoms with Crippen molar-refractivity contribution in [3.63, 3.8) is 0 Å². The van der Waals surface area contributed by atoms with Gasteiger partial charge >= 0.3 is 6.18 Å². The predicted molar refractivity (Wildman–Crippen MR) is 51.5 cm³/mol. The number of amides is 1. The summed E-state index contributed by atoms with van der Waals surface area (Å²) in [6, 6.07) is 4.89. The fraction of sp³-hybridized carbons (Fsp3) is 0.364. The van der Waals surface area contributed by atoms with E-state index >= 15 is 0 Å². The maximum Gasteiger partial charge on any atom is 0.416 e. The third-order valence-electron chi connectivity index (χ3n) is 2.82. The van der Waals surface area contributed by atoms with E-state index in [1.54, 1.807) is 0 Å². The molecule has 16 heavy (non-hydrogen) atoms. The maximum atomic E-state index is 12.3. The van der Waals surface area contributed by atoms with E-state index in [1.807, 2.05) is 0 Å². The summed E-state index contributed by atoms with van der Waals surface area (Å²) in [6.45, 7) is 0. The van der Waals surface area contributed by atoms with Gasteiger partial charge in [-0.1, -0.05) is 12.1 Å². The van der Waals surface area contributed by atoms with Gasteiger partial charge in [-0.2, -0.15) is 13.2 Å². The Morgan fingerprint density at radius 2 is 1.81 bits per heavy atom. The van der Waals surface area contributed by atoms with Crippen LogP contribution in [-0.2, 0) is 11.0 Å². The highest BCUT2D eigenvalue weighted by Crippen LogP contribution is 2.47. The first-order chi connectivity index (χ1) is 7.39. The average molecular weight is 229 g/mol. The average Bonchev–Trinajstić information content (AvgIpc) is 2.96. The summed E-state index contributed by atoms with van der Waals surface area (Å²) in [5.41, 5.74) is 5.18. The molecule has 0 bridgehead atoms. The molecule has 0 saturated heterocycles. The van der Waals surface area contributed by atoms with Crippen molar-refractivity contribution in [2.24, 2.45) is 11.7 Å². The summed E-state index contributed by atoms with van der Waals surface area (Å²) in [6.07, 6.45) is -3.67. The first-order valence-corrected chi connectivity index (χ1v) is 4.86. The Morgan fingerprint density at radius 3 is 2.19 bits per heavy atom. The molecule has 0 aromatic heterocycles. The molecule has 1 aromatic rings. The van der Waals surface area contributed by atoms with Crippen LogP contribution in [0.5, 0.6) is 0 Å². The number of alkyl halides is 3. The monoisotopic (exact) mass is 229 g/mol. The van der Waals surface area contributed by atoms with Crippen molar-refractivity contribution in [3.05, 3.63) is 35.4 Å². The van der Waals surface area contributed by atoms with Gasteiger partial charge in [-0.25, -0.2) is 0 Å². The molecule has 1 fully saturated rings. The van der Waals surface area contributed by atoms with Crippen molar-refractivity contribution in [2.75, 3.05) is 0 Å². The van der Waals surface area contributed by atoms with Crippen LogP contribution in [0.3, 0.4) is 0 Å². The number of benzene rings is 1. The van der Waals surface area contributed by atoms with Crippen molar-refractivity contribution in [2.45, 2.75) is 18.5 Å². The van der Waals surface area contributed by atoms with Crippen molar-refractivity contribution in [3.8, 4) is 0 Å². The van der Waals surface area contributed by atoms with Gasteiger partial charge in [-0.3, -0.25) is 4.79 Å². The number of hydrogen-bond donors (Lipinski definition) is 1. The SMILES string of the molecule is NC(=O)[C@H]1C[C@H]1c1ccc(C(F)(F)F)cc1. The van der Waals surface area contributed by atoms with Crippen LogP contribution in [0.25, 0.3) is 0 Å². The molecule has 0 unspecified atom stereocenters. The number of carbonyl (C=O) groups is 1. The van der Waals surface area contributed by atoms with E-state index in [0.29, 0.717) is 6.42 Å². The highest BCUT2D eigenvalue weighted by Gasteiger charge is 2.42. The maximum absolute atomic E-state index is 12.3. The summed E-state index contributed by atoms with van der Waals surface area (Å²) in [4.78, 5) is 10.8. The Bertz CT molecular complexity index is 410.